The second-order valence-corrected chi connectivity index (χ2v) is 7.59. The Morgan fingerprint density at radius 2 is 1.08 bits per heavy atom. The van der Waals surface area contributed by atoms with Crippen LogP contribution in [0.2, 0.25) is 0 Å². The first-order valence-electron chi connectivity index (χ1n) is 10.9. The Kier molecular flexibility index (Phi) is 18.0. The van der Waals surface area contributed by atoms with E-state index in [1.807, 2.05) is 0 Å². The maximum Gasteiger partial charge on any atom is 0.277 e. The smallest absolute Gasteiger partial charge is 0.277 e. The Morgan fingerprint density at radius 3 is 1.46 bits per heavy atom. The Bertz CT molecular complexity index is 284. The summed E-state index contributed by atoms with van der Waals surface area (Å²) in [6.45, 7) is 1.53. The summed E-state index contributed by atoms with van der Waals surface area (Å²) >= 11 is 0. The SMILES string of the molecule is CCCCCCCCCCCCCCCCCC(O)(O)OCC(O)CO. The van der Waals surface area contributed by atoms with Gasteiger partial charge in [-0.25, -0.2) is 0 Å². The van der Waals surface area contributed by atoms with Crippen LogP contribution in [0.3, 0.4) is 0 Å². The fourth-order valence-electron chi connectivity index (χ4n) is 3.08. The topological polar surface area (TPSA) is 90.2 Å². The van der Waals surface area contributed by atoms with Gasteiger partial charge in [0.1, 0.15) is 6.10 Å². The lowest BCUT2D eigenvalue weighted by atomic mass is 10.0. The van der Waals surface area contributed by atoms with Gasteiger partial charge in [0.2, 0.25) is 0 Å². The van der Waals surface area contributed by atoms with Gasteiger partial charge in [-0.3, -0.25) is 0 Å². The highest BCUT2D eigenvalue weighted by atomic mass is 16.8. The number of unbranched alkanes of at least 4 members (excludes halogenated alkanes) is 14. The molecule has 0 fully saturated rings. The third kappa shape index (κ3) is 18.6. The molecule has 0 saturated carbocycles. The standard InChI is InChI=1S/C21H44O5/c1-2-3-4-5-6-7-8-9-10-11-12-13-14-15-16-17-21(24,25)26-19-20(23)18-22/h20,22-25H,2-19H2,1H3. The third-order valence-corrected chi connectivity index (χ3v) is 4.82. The summed E-state index contributed by atoms with van der Waals surface area (Å²) < 4.78 is 4.80. The van der Waals surface area contributed by atoms with Crippen molar-refractivity contribution in [2.75, 3.05) is 13.2 Å². The molecule has 0 aromatic rings. The zero-order valence-electron chi connectivity index (χ0n) is 17.0. The van der Waals surface area contributed by atoms with E-state index in [9.17, 15) is 10.2 Å². The van der Waals surface area contributed by atoms with E-state index in [1.54, 1.807) is 0 Å². The molecule has 0 radical (unpaired) electrons. The molecule has 158 valence electrons. The lowest BCUT2D eigenvalue weighted by Gasteiger charge is -2.22. The van der Waals surface area contributed by atoms with Crippen LogP contribution in [0.25, 0.3) is 0 Å². The van der Waals surface area contributed by atoms with E-state index in [0.717, 1.165) is 12.8 Å². The van der Waals surface area contributed by atoms with Crippen LogP contribution in [0, 0.1) is 0 Å². The van der Waals surface area contributed by atoms with Crippen LogP contribution in [0.15, 0.2) is 0 Å². The van der Waals surface area contributed by atoms with Crippen molar-refractivity contribution < 1.29 is 25.2 Å². The van der Waals surface area contributed by atoms with Gasteiger partial charge in [-0.15, -0.1) is 0 Å². The number of hydrogen-bond acceptors (Lipinski definition) is 5. The fourth-order valence-corrected chi connectivity index (χ4v) is 3.08. The zero-order valence-corrected chi connectivity index (χ0v) is 17.0. The number of rotatable bonds is 20. The monoisotopic (exact) mass is 376 g/mol. The molecule has 26 heavy (non-hydrogen) atoms. The molecule has 0 rings (SSSR count). The Labute approximate surface area is 160 Å². The van der Waals surface area contributed by atoms with E-state index in [-0.39, 0.29) is 13.0 Å². The van der Waals surface area contributed by atoms with Gasteiger partial charge >= 0.3 is 0 Å². The molecule has 1 unspecified atom stereocenters. The molecule has 0 amide bonds. The lowest BCUT2D eigenvalue weighted by molar-refractivity contribution is -0.346. The van der Waals surface area contributed by atoms with Crippen LogP contribution in [-0.4, -0.2) is 45.7 Å². The Balaban J connectivity index is 3.26. The Morgan fingerprint density at radius 1 is 0.692 bits per heavy atom. The molecule has 0 bridgehead atoms. The van der Waals surface area contributed by atoms with Crippen molar-refractivity contribution in [1.82, 2.24) is 0 Å². The maximum absolute atomic E-state index is 9.60. The van der Waals surface area contributed by atoms with E-state index in [2.05, 4.69) is 6.92 Å². The molecule has 5 heteroatoms. The minimum Gasteiger partial charge on any atom is -0.394 e. The highest BCUT2D eigenvalue weighted by molar-refractivity contribution is 4.57. The minimum atomic E-state index is -2.20. The highest BCUT2D eigenvalue weighted by Gasteiger charge is 2.24. The normalized spacial score (nSPS) is 13.3. The second-order valence-electron chi connectivity index (χ2n) is 7.59. The summed E-state index contributed by atoms with van der Waals surface area (Å²) in [7, 11) is 0. The summed E-state index contributed by atoms with van der Waals surface area (Å²) in [5, 5.41) is 37.0. The summed E-state index contributed by atoms with van der Waals surface area (Å²) in [6.07, 6.45) is 18.0. The van der Waals surface area contributed by atoms with Crippen molar-refractivity contribution in [1.29, 1.82) is 0 Å². The minimum absolute atomic E-state index is 0.128. The molecule has 4 N–H and O–H groups in total. The average Bonchev–Trinajstić information content (AvgIpc) is 2.63. The number of aliphatic hydroxyl groups excluding tert-OH is 2. The summed E-state index contributed by atoms with van der Waals surface area (Å²) in [5.74, 6) is -2.20. The van der Waals surface area contributed by atoms with Gasteiger partial charge in [-0.1, -0.05) is 96.8 Å². The highest BCUT2D eigenvalue weighted by Crippen LogP contribution is 2.17. The van der Waals surface area contributed by atoms with Crippen molar-refractivity contribution in [3.05, 3.63) is 0 Å². The number of ether oxygens (including phenoxy) is 1. The van der Waals surface area contributed by atoms with Gasteiger partial charge in [0.05, 0.1) is 13.2 Å². The molecule has 0 aromatic carbocycles. The number of aliphatic hydroxyl groups is 4. The van der Waals surface area contributed by atoms with Crippen LogP contribution < -0.4 is 0 Å². The first-order valence-corrected chi connectivity index (χ1v) is 10.9. The van der Waals surface area contributed by atoms with Gasteiger partial charge in [0.25, 0.3) is 5.97 Å². The molecule has 5 nitrogen and oxygen atoms in total. The zero-order chi connectivity index (χ0) is 19.5. The average molecular weight is 377 g/mol. The largest absolute Gasteiger partial charge is 0.394 e. The van der Waals surface area contributed by atoms with Crippen molar-refractivity contribution >= 4 is 0 Å². The predicted molar refractivity (Wildman–Crippen MR) is 106 cm³/mol. The van der Waals surface area contributed by atoms with Crippen molar-refractivity contribution in [3.63, 3.8) is 0 Å². The van der Waals surface area contributed by atoms with Gasteiger partial charge in [-0.05, 0) is 6.42 Å². The fraction of sp³-hybridized carbons (Fsp3) is 1.00. The van der Waals surface area contributed by atoms with E-state index in [4.69, 9.17) is 14.9 Å². The molecule has 1 atom stereocenters. The van der Waals surface area contributed by atoms with Gasteiger partial charge in [-0.2, -0.15) is 0 Å². The van der Waals surface area contributed by atoms with E-state index in [1.165, 1.54) is 77.0 Å². The van der Waals surface area contributed by atoms with Crippen LogP contribution in [-0.2, 0) is 4.74 Å². The predicted octanol–water partition coefficient (Wildman–Crippen LogP) is 4.26. The lowest BCUT2D eigenvalue weighted by Crippen LogP contribution is -2.35. The maximum atomic E-state index is 9.60. The van der Waals surface area contributed by atoms with Crippen LogP contribution in [0.1, 0.15) is 110 Å². The van der Waals surface area contributed by atoms with Crippen molar-refractivity contribution in [3.8, 4) is 0 Å². The van der Waals surface area contributed by atoms with E-state index >= 15 is 0 Å². The molecule has 0 aliphatic rings. The molecular formula is C21H44O5. The molecule has 0 saturated heterocycles. The van der Waals surface area contributed by atoms with Crippen molar-refractivity contribution in [2.45, 2.75) is 122 Å². The summed E-state index contributed by atoms with van der Waals surface area (Å²) in [5.41, 5.74) is 0. The molecular weight excluding hydrogens is 332 g/mol. The third-order valence-electron chi connectivity index (χ3n) is 4.82. The molecule has 0 aliphatic carbocycles. The summed E-state index contributed by atoms with van der Waals surface area (Å²) in [4.78, 5) is 0. The van der Waals surface area contributed by atoms with Crippen LogP contribution in [0.4, 0.5) is 0 Å². The van der Waals surface area contributed by atoms with Gasteiger partial charge < -0.3 is 25.2 Å². The Hall–Kier alpha value is -0.200. The van der Waals surface area contributed by atoms with Gasteiger partial charge in [0.15, 0.2) is 0 Å². The van der Waals surface area contributed by atoms with E-state index in [0.29, 0.717) is 6.42 Å². The molecule has 0 heterocycles. The second kappa shape index (κ2) is 18.2. The quantitative estimate of drug-likeness (QED) is 0.188. The number of hydrogen-bond donors (Lipinski definition) is 4. The van der Waals surface area contributed by atoms with E-state index < -0.39 is 18.7 Å². The van der Waals surface area contributed by atoms with Crippen molar-refractivity contribution in [2.24, 2.45) is 0 Å². The molecule has 0 aromatic heterocycles. The first kappa shape index (κ1) is 25.8. The summed E-state index contributed by atoms with van der Waals surface area (Å²) in [6, 6.07) is 0. The van der Waals surface area contributed by atoms with Crippen LogP contribution >= 0.6 is 0 Å². The van der Waals surface area contributed by atoms with Gasteiger partial charge in [0, 0.05) is 6.42 Å². The molecule has 0 aliphatic heterocycles. The molecule has 0 spiro atoms. The first-order chi connectivity index (χ1) is 12.5. The van der Waals surface area contributed by atoms with Crippen LogP contribution in [0.5, 0.6) is 0 Å².